The SMILES string of the molecule is CCCCCCCCC=CCCCCCCCC(=O)OCC(CC)(COC(=O)CCCCCCCC=CCCCCCCCC)COC(=O)CCCCCCCCCCCCCCCCC. The Labute approximate surface area is 411 Å². The van der Waals surface area contributed by atoms with Crippen LogP contribution in [-0.2, 0) is 28.6 Å². The maximum absolute atomic E-state index is 12.9. The summed E-state index contributed by atoms with van der Waals surface area (Å²) in [6, 6.07) is 0. The van der Waals surface area contributed by atoms with Gasteiger partial charge in [0.2, 0.25) is 0 Å². The lowest BCUT2D eigenvalue weighted by molar-refractivity contribution is -0.162. The van der Waals surface area contributed by atoms with E-state index >= 15 is 0 Å². The summed E-state index contributed by atoms with van der Waals surface area (Å²) in [5.41, 5.74) is -0.749. The lowest BCUT2D eigenvalue weighted by atomic mass is 9.88. The molecule has 0 aliphatic rings. The van der Waals surface area contributed by atoms with Crippen molar-refractivity contribution in [2.24, 2.45) is 5.41 Å². The highest BCUT2D eigenvalue weighted by molar-refractivity contribution is 5.70. The van der Waals surface area contributed by atoms with Gasteiger partial charge in [-0.1, -0.05) is 245 Å². The third-order valence-corrected chi connectivity index (χ3v) is 13.6. The van der Waals surface area contributed by atoms with Crippen molar-refractivity contribution in [3.63, 3.8) is 0 Å². The van der Waals surface area contributed by atoms with Gasteiger partial charge in [0.25, 0.3) is 0 Å². The second-order valence-corrected chi connectivity index (χ2v) is 20.2. The van der Waals surface area contributed by atoms with E-state index < -0.39 is 5.41 Å². The average Bonchev–Trinajstić information content (AvgIpc) is 3.32. The summed E-state index contributed by atoms with van der Waals surface area (Å²) in [5.74, 6) is -0.676. The van der Waals surface area contributed by atoms with E-state index in [9.17, 15) is 14.4 Å². The molecule has 0 aliphatic carbocycles. The summed E-state index contributed by atoms with van der Waals surface area (Å²) >= 11 is 0. The Hall–Kier alpha value is -2.11. The highest BCUT2D eigenvalue weighted by atomic mass is 16.6. The second kappa shape index (κ2) is 52.3. The molecular weight excluding hydrogens is 817 g/mol. The van der Waals surface area contributed by atoms with Crippen LogP contribution in [-0.4, -0.2) is 37.7 Å². The first-order chi connectivity index (χ1) is 32.4. The Morgan fingerprint density at radius 1 is 0.288 bits per heavy atom. The van der Waals surface area contributed by atoms with Gasteiger partial charge in [-0.15, -0.1) is 0 Å². The zero-order valence-electron chi connectivity index (χ0n) is 44.7. The van der Waals surface area contributed by atoms with Crippen molar-refractivity contribution < 1.29 is 28.6 Å². The van der Waals surface area contributed by atoms with Gasteiger partial charge in [0.1, 0.15) is 19.8 Å². The van der Waals surface area contributed by atoms with E-state index in [1.54, 1.807) is 0 Å². The Kier molecular flexibility index (Phi) is 50.6. The van der Waals surface area contributed by atoms with Crippen LogP contribution in [0.5, 0.6) is 0 Å². The highest BCUT2D eigenvalue weighted by Gasteiger charge is 2.34. The van der Waals surface area contributed by atoms with E-state index in [-0.39, 0.29) is 37.7 Å². The van der Waals surface area contributed by atoms with Gasteiger partial charge in [0.05, 0.1) is 5.41 Å². The Bertz CT molecular complexity index is 1040. The third-order valence-electron chi connectivity index (χ3n) is 13.6. The molecule has 6 nitrogen and oxygen atoms in total. The molecule has 66 heavy (non-hydrogen) atoms. The molecule has 0 aromatic rings. The van der Waals surface area contributed by atoms with Gasteiger partial charge in [0, 0.05) is 19.3 Å². The molecular formula is C60H112O6. The van der Waals surface area contributed by atoms with E-state index in [4.69, 9.17) is 14.2 Å². The molecule has 0 aromatic carbocycles. The molecule has 0 saturated heterocycles. The van der Waals surface area contributed by atoms with Crippen LogP contribution < -0.4 is 0 Å². The molecule has 0 aromatic heterocycles. The number of carbonyl (C=O) groups excluding carboxylic acids is 3. The van der Waals surface area contributed by atoms with Crippen LogP contribution in [0.15, 0.2) is 24.3 Å². The maximum Gasteiger partial charge on any atom is 0.305 e. The van der Waals surface area contributed by atoms with Gasteiger partial charge in [-0.05, 0) is 77.0 Å². The molecule has 0 radical (unpaired) electrons. The summed E-state index contributed by atoms with van der Waals surface area (Å²) in [5, 5.41) is 0. The zero-order chi connectivity index (χ0) is 48.1. The summed E-state index contributed by atoms with van der Waals surface area (Å²) in [6.07, 6.45) is 61.9. The topological polar surface area (TPSA) is 78.9 Å². The Balaban J connectivity index is 4.59. The normalized spacial score (nSPS) is 12.6. The van der Waals surface area contributed by atoms with Crippen LogP contribution in [0.2, 0.25) is 0 Å². The number of allylic oxidation sites excluding steroid dienone is 4. The van der Waals surface area contributed by atoms with Gasteiger partial charge in [-0.25, -0.2) is 0 Å². The van der Waals surface area contributed by atoms with E-state index in [1.165, 1.54) is 193 Å². The number of hydrogen-bond donors (Lipinski definition) is 0. The van der Waals surface area contributed by atoms with Gasteiger partial charge in [-0.2, -0.15) is 0 Å². The summed E-state index contributed by atoms with van der Waals surface area (Å²) in [4.78, 5) is 38.7. The number of carbonyl (C=O) groups is 3. The summed E-state index contributed by atoms with van der Waals surface area (Å²) in [6.45, 7) is 9.06. The smallest absolute Gasteiger partial charge is 0.305 e. The van der Waals surface area contributed by atoms with Gasteiger partial charge >= 0.3 is 17.9 Å². The standard InChI is InChI=1S/C60H112O6/c1-5-9-12-15-18-21-24-27-30-33-36-39-42-45-48-51-57(61)64-54-60(8-4,55-65-58(62)52-49-46-43-40-37-34-31-28-25-22-19-16-13-10-6-2)56-66-59(63)53-50-47-44-41-38-35-32-29-26-23-20-17-14-11-7-3/h27-28,30-31H,5-26,29,32-56H2,1-4H3. The largest absolute Gasteiger partial charge is 0.465 e. The van der Waals surface area contributed by atoms with Gasteiger partial charge < -0.3 is 14.2 Å². The van der Waals surface area contributed by atoms with Crippen molar-refractivity contribution in [2.75, 3.05) is 19.8 Å². The maximum atomic E-state index is 12.9. The zero-order valence-corrected chi connectivity index (χ0v) is 44.7. The fraction of sp³-hybridized carbons (Fsp3) is 0.883. The van der Waals surface area contributed by atoms with Crippen LogP contribution in [0.4, 0.5) is 0 Å². The van der Waals surface area contributed by atoms with Gasteiger partial charge in [-0.3, -0.25) is 14.4 Å². The number of unbranched alkanes of at least 4 members (excludes halogenated alkanes) is 36. The minimum atomic E-state index is -0.749. The first-order valence-corrected chi connectivity index (χ1v) is 29.2. The molecule has 0 unspecified atom stereocenters. The number of esters is 3. The van der Waals surface area contributed by atoms with Crippen molar-refractivity contribution in [2.45, 2.75) is 317 Å². The van der Waals surface area contributed by atoms with Crippen molar-refractivity contribution in [3.05, 3.63) is 24.3 Å². The van der Waals surface area contributed by atoms with E-state index in [2.05, 4.69) is 45.1 Å². The predicted molar refractivity (Wildman–Crippen MR) is 284 cm³/mol. The molecule has 6 heteroatoms. The van der Waals surface area contributed by atoms with Crippen LogP contribution in [0, 0.1) is 5.41 Å². The number of rotatable bonds is 53. The van der Waals surface area contributed by atoms with E-state index in [1.807, 2.05) is 6.92 Å². The molecule has 0 saturated carbocycles. The van der Waals surface area contributed by atoms with Crippen LogP contribution >= 0.6 is 0 Å². The molecule has 0 N–H and O–H groups in total. The first-order valence-electron chi connectivity index (χ1n) is 29.2. The number of hydrogen-bond acceptors (Lipinski definition) is 6. The van der Waals surface area contributed by atoms with Crippen LogP contribution in [0.3, 0.4) is 0 Å². The highest BCUT2D eigenvalue weighted by Crippen LogP contribution is 2.26. The second-order valence-electron chi connectivity index (χ2n) is 20.2. The molecule has 0 fully saturated rings. The molecule has 0 spiro atoms. The summed E-state index contributed by atoms with van der Waals surface area (Å²) < 4.78 is 17.5. The molecule has 0 aliphatic heterocycles. The third kappa shape index (κ3) is 47.0. The van der Waals surface area contributed by atoms with Gasteiger partial charge in [0.15, 0.2) is 0 Å². The van der Waals surface area contributed by atoms with E-state index in [0.717, 1.165) is 70.6 Å². The first kappa shape index (κ1) is 63.9. The quantitative estimate of drug-likeness (QED) is 0.0262. The molecule has 0 heterocycles. The molecule has 0 atom stereocenters. The molecule has 0 amide bonds. The summed E-state index contributed by atoms with van der Waals surface area (Å²) in [7, 11) is 0. The molecule has 388 valence electrons. The number of ether oxygens (including phenoxy) is 3. The minimum absolute atomic E-state index is 0.0837. The minimum Gasteiger partial charge on any atom is -0.465 e. The average molecular weight is 930 g/mol. The predicted octanol–water partition coefficient (Wildman–Crippen LogP) is 19.3. The Morgan fingerprint density at radius 2 is 0.485 bits per heavy atom. The van der Waals surface area contributed by atoms with Crippen molar-refractivity contribution in [1.82, 2.24) is 0 Å². The lowest BCUT2D eigenvalue weighted by Crippen LogP contribution is -2.39. The molecule has 0 rings (SSSR count). The van der Waals surface area contributed by atoms with E-state index in [0.29, 0.717) is 25.7 Å². The fourth-order valence-corrected chi connectivity index (χ4v) is 8.67. The van der Waals surface area contributed by atoms with Crippen LogP contribution in [0.1, 0.15) is 317 Å². The fourth-order valence-electron chi connectivity index (χ4n) is 8.67. The monoisotopic (exact) mass is 929 g/mol. The Morgan fingerprint density at radius 3 is 0.697 bits per heavy atom. The molecule has 0 bridgehead atoms. The van der Waals surface area contributed by atoms with Crippen molar-refractivity contribution >= 4 is 17.9 Å². The van der Waals surface area contributed by atoms with Crippen molar-refractivity contribution in [1.29, 1.82) is 0 Å². The van der Waals surface area contributed by atoms with Crippen molar-refractivity contribution in [3.8, 4) is 0 Å². The lowest BCUT2D eigenvalue weighted by Gasteiger charge is -2.31. The van der Waals surface area contributed by atoms with Crippen LogP contribution in [0.25, 0.3) is 0 Å².